The lowest BCUT2D eigenvalue weighted by atomic mass is 9.84. The van der Waals surface area contributed by atoms with Crippen LogP contribution >= 0.6 is 0 Å². The van der Waals surface area contributed by atoms with Crippen LogP contribution in [0.15, 0.2) is 24.5 Å². The van der Waals surface area contributed by atoms with Crippen molar-refractivity contribution in [3.05, 3.63) is 30.1 Å². The Labute approximate surface area is 119 Å². The summed E-state index contributed by atoms with van der Waals surface area (Å²) in [6, 6.07) is 2.70. The van der Waals surface area contributed by atoms with Crippen LogP contribution in [0.5, 0.6) is 0 Å². The van der Waals surface area contributed by atoms with E-state index in [2.05, 4.69) is 10.3 Å². The smallest absolute Gasteiger partial charge is 0.326 e. The van der Waals surface area contributed by atoms with E-state index in [1.165, 1.54) is 0 Å². The Kier molecular flexibility index (Phi) is 5.25. The summed E-state index contributed by atoms with van der Waals surface area (Å²) in [5.74, 6) is -1.12. The zero-order valence-corrected chi connectivity index (χ0v) is 12.4. The van der Waals surface area contributed by atoms with Crippen LogP contribution < -0.4 is 5.32 Å². The molecular formula is C15H22N2O3. The fraction of sp³-hybridized carbons (Fsp3) is 0.533. The van der Waals surface area contributed by atoms with Crippen molar-refractivity contribution < 1.29 is 14.7 Å². The molecule has 5 nitrogen and oxygen atoms in total. The number of carboxylic acids is 1. The van der Waals surface area contributed by atoms with Gasteiger partial charge in [0.15, 0.2) is 0 Å². The molecule has 110 valence electrons. The third kappa shape index (κ3) is 4.05. The van der Waals surface area contributed by atoms with Crippen molar-refractivity contribution in [1.82, 2.24) is 10.3 Å². The van der Waals surface area contributed by atoms with Crippen molar-refractivity contribution in [2.45, 2.75) is 45.6 Å². The summed E-state index contributed by atoms with van der Waals surface area (Å²) in [4.78, 5) is 27.6. The zero-order valence-electron chi connectivity index (χ0n) is 12.4. The van der Waals surface area contributed by atoms with Gasteiger partial charge in [0.1, 0.15) is 6.04 Å². The summed E-state index contributed by atoms with van der Waals surface area (Å²) in [6.45, 7) is 7.37. The molecule has 0 aliphatic rings. The van der Waals surface area contributed by atoms with E-state index in [0.717, 1.165) is 5.56 Å². The van der Waals surface area contributed by atoms with Gasteiger partial charge in [-0.25, -0.2) is 4.79 Å². The molecule has 0 aliphatic heterocycles. The highest BCUT2D eigenvalue weighted by atomic mass is 16.4. The monoisotopic (exact) mass is 278 g/mol. The third-order valence-corrected chi connectivity index (χ3v) is 3.26. The number of hydrogen-bond donors (Lipinski definition) is 2. The van der Waals surface area contributed by atoms with Gasteiger partial charge in [-0.2, -0.15) is 0 Å². The summed E-state index contributed by atoms with van der Waals surface area (Å²) in [6.07, 6.45) is 3.66. The second kappa shape index (κ2) is 6.50. The van der Waals surface area contributed by atoms with Crippen molar-refractivity contribution >= 4 is 11.9 Å². The Morgan fingerprint density at radius 3 is 2.50 bits per heavy atom. The molecule has 2 N–H and O–H groups in total. The van der Waals surface area contributed by atoms with Crippen LogP contribution in [0.1, 0.15) is 39.7 Å². The summed E-state index contributed by atoms with van der Waals surface area (Å²) < 4.78 is 0. The second-order valence-corrected chi connectivity index (χ2v) is 5.86. The summed E-state index contributed by atoms with van der Waals surface area (Å²) in [5, 5.41) is 11.8. The van der Waals surface area contributed by atoms with Crippen molar-refractivity contribution in [3.8, 4) is 0 Å². The average Bonchev–Trinajstić information content (AvgIpc) is 2.38. The van der Waals surface area contributed by atoms with Crippen molar-refractivity contribution in [2.75, 3.05) is 0 Å². The fourth-order valence-corrected chi connectivity index (χ4v) is 1.90. The van der Waals surface area contributed by atoms with Gasteiger partial charge in [-0.05, 0) is 37.8 Å². The van der Waals surface area contributed by atoms with Crippen molar-refractivity contribution in [1.29, 1.82) is 0 Å². The molecule has 20 heavy (non-hydrogen) atoms. The largest absolute Gasteiger partial charge is 0.480 e. The number of carboxylic acid groups (broad SMARTS) is 1. The quantitative estimate of drug-likeness (QED) is 0.834. The van der Waals surface area contributed by atoms with Crippen molar-refractivity contribution in [3.63, 3.8) is 0 Å². The maximum atomic E-state index is 12.4. The van der Waals surface area contributed by atoms with E-state index in [1.807, 2.05) is 19.9 Å². The molecule has 0 saturated carbocycles. The normalized spacial score (nSPS) is 13.1. The Hall–Kier alpha value is -1.91. The van der Waals surface area contributed by atoms with Crippen LogP contribution in [0.4, 0.5) is 0 Å². The van der Waals surface area contributed by atoms with E-state index in [-0.39, 0.29) is 11.8 Å². The summed E-state index contributed by atoms with van der Waals surface area (Å²) >= 11 is 0. The van der Waals surface area contributed by atoms with E-state index in [4.69, 9.17) is 0 Å². The highest BCUT2D eigenvalue weighted by Gasteiger charge is 2.33. The molecule has 0 unspecified atom stereocenters. The molecule has 0 spiro atoms. The first kappa shape index (κ1) is 16.1. The van der Waals surface area contributed by atoms with Gasteiger partial charge in [-0.3, -0.25) is 9.78 Å². The average molecular weight is 278 g/mol. The van der Waals surface area contributed by atoms with E-state index in [1.54, 1.807) is 32.3 Å². The van der Waals surface area contributed by atoms with Gasteiger partial charge in [-0.15, -0.1) is 0 Å². The van der Waals surface area contributed by atoms with Gasteiger partial charge in [-0.1, -0.05) is 19.9 Å². The number of rotatable bonds is 6. The van der Waals surface area contributed by atoms with Crippen LogP contribution in [0.3, 0.4) is 0 Å². The van der Waals surface area contributed by atoms with Crippen LogP contribution in [-0.4, -0.2) is 28.0 Å². The van der Waals surface area contributed by atoms with Gasteiger partial charge in [0.25, 0.3) is 0 Å². The second-order valence-electron chi connectivity index (χ2n) is 5.86. The summed E-state index contributed by atoms with van der Waals surface area (Å²) in [7, 11) is 0. The van der Waals surface area contributed by atoms with Crippen LogP contribution in [0, 0.1) is 5.92 Å². The van der Waals surface area contributed by atoms with E-state index in [0.29, 0.717) is 6.42 Å². The molecule has 0 saturated heterocycles. The van der Waals surface area contributed by atoms with Gasteiger partial charge >= 0.3 is 5.97 Å². The predicted octanol–water partition coefficient (Wildman–Crippen LogP) is 1.97. The lowest BCUT2D eigenvalue weighted by molar-refractivity contribution is -0.143. The van der Waals surface area contributed by atoms with Gasteiger partial charge in [0.05, 0.1) is 5.41 Å². The van der Waals surface area contributed by atoms with Crippen LogP contribution in [0.2, 0.25) is 0 Å². The number of pyridine rings is 1. The Morgan fingerprint density at radius 1 is 1.40 bits per heavy atom. The van der Waals surface area contributed by atoms with Crippen molar-refractivity contribution in [2.24, 2.45) is 5.92 Å². The van der Waals surface area contributed by atoms with Crippen LogP contribution in [-0.2, 0) is 15.0 Å². The third-order valence-electron chi connectivity index (χ3n) is 3.26. The van der Waals surface area contributed by atoms with Gasteiger partial charge in [0.2, 0.25) is 5.91 Å². The fourth-order valence-electron chi connectivity index (χ4n) is 1.90. The molecule has 0 radical (unpaired) electrons. The molecule has 0 bridgehead atoms. The van der Waals surface area contributed by atoms with Crippen LogP contribution in [0.25, 0.3) is 0 Å². The van der Waals surface area contributed by atoms with E-state index in [9.17, 15) is 14.7 Å². The van der Waals surface area contributed by atoms with E-state index < -0.39 is 17.4 Å². The maximum absolute atomic E-state index is 12.4. The van der Waals surface area contributed by atoms with Gasteiger partial charge in [0, 0.05) is 12.4 Å². The minimum absolute atomic E-state index is 0.193. The minimum atomic E-state index is -1.01. The molecule has 1 heterocycles. The molecule has 1 amide bonds. The number of aliphatic carboxylic acids is 1. The maximum Gasteiger partial charge on any atom is 0.326 e. The molecule has 5 heteroatoms. The number of nitrogens with zero attached hydrogens (tertiary/aromatic N) is 1. The molecule has 1 rings (SSSR count). The Balaban J connectivity index is 2.85. The number of hydrogen-bond acceptors (Lipinski definition) is 3. The molecule has 1 atom stereocenters. The Morgan fingerprint density at radius 2 is 2.05 bits per heavy atom. The molecular weight excluding hydrogens is 256 g/mol. The molecule has 1 aromatic heterocycles. The number of carbonyl (C=O) groups is 2. The number of aromatic nitrogens is 1. The minimum Gasteiger partial charge on any atom is -0.480 e. The number of amides is 1. The lowest BCUT2D eigenvalue weighted by Crippen LogP contribution is -2.48. The first-order valence-corrected chi connectivity index (χ1v) is 6.69. The van der Waals surface area contributed by atoms with E-state index >= 15 is 0 Å². The number of nitrogens with one attached hydrogen (secondary N) is 1. The first-order valence-electron chi connectivity index (χ1n) is 6.69. The highest BCUT2D eigenvalue weighted by Crippen LogP contribution is 2.22. The van der Waals surface area contributed by atoms with Gasteiger partial charge < -0.3 is 10.4 Å². The number of carbonyl (C=O) groups excluding carboxylic acids is 1. The first-order chi connectivity index (χ1) is 9.25. The highest BCUT2D eigenvalue weighted by molar-refractivity contribution is 5.90. The lowest BCUT2D eigenvalue weighted by Gasteiger charge is -2.26. The topological polar surface area (TPSA) is 79.3 Å². The SMILES string of the molecule is CC(C)C[C@@H](NC(=O)C(C)(C)c1cccnc1)C(=O)O. The molecule has 0 aromatic carbocycles. The molecule has 0 aliphatic carbocycles. The predicted molar refractivity (Wildman–Crippen MR) is 76.3 cm³/mol. The standard InChI is InChI=1S/C15H22N2O3/c1-10(2)8-12(13(18)19)17-14(20)15(3,4)11-6-5-7-16-9-11/h5-7,9-10,12H,8H2,1-4H3,(H,17,20)(H,18,19)/t12-/m1/s1. The molecule has 1 aromatic rings. The molecule has 0 fully saturated rings. The Bertz CT molecular complexity index is 469. The zero-order chi connectivity index (χ0) is 15.3. The summed E-state index contributed by atoms with van der Waals surface area (Å²) in [5.41, 5.74) is -0.0648.